The molecule has 0 saturated heterocycles. The van der Waals surface area contributed by atoms with Crippen molar-refractivity contribution >= 4 is 33.4 Å². The summed E-state index contributed by atoms with van der Waals surface area (Å²) in [7, 11) is 0. The Bertz CT molecular complexity index is 1330. The fourth-order valence-corrected chi connectivity index (χ4v) is 4.86. The number of hydrogen-bond donors (Lipinski definition) is 0. The third kappa shape index (κ3) is 4.44. The van der Waals surface area contributed by atoms with Gasteiger partial charge >= 0.3 is 0 Å². The number of halogens is 1. The molecule has 0 aliphatic carbocycles. The predicted molar refractivity (Wildman–Crippen MR) is 139 cm³/mol. The zero-order chi connectivity index (χ0) is 24.4. The van der Waals surface area contributed by atoms with Crippen molar-refractivity contribution in [1.82, 2.24) is 9.47 Å². The Kier molecular flexibility index (Phi) is 6.59. The van der Waals surface area contributed by atoms with Gasteiger partial charge in [0.05, 0.1) is 23.3 Å². The lowest BCUT2D eigenvalue weighted by Crippen LogP contribution is -2.47. The van der Waals surface area contributed by atoms with Crippen LogP contribution in [0.5, 0.6) is 0 Å². The zero-order valence-electron chi connectivity index (χ0n) is 19.4. The molecule has 0 radical (unpaired) electrons. The highest BCUT2D eigenvalue weighted by Gasteiger charge is 2.38. The van der Waals surface area contributed by atoms with Crippen molar-refractivity contribution in [3.8, 4) is 5.69 Å². The van der Waals surface area contributed by atoms with Gasteiger partial charge in [-0.3, -0.25) is 14.5 Å². The van der Waals surface area contributed by atoms with E-state index >= 15 is 0 Å². The van der Waals surface area contributed by atoms with Gasteiger partial charge in [-0.15, -0.1) is 0 Å². The second-order valence-corrected chi connectivity index (χ2v) is 9.48. The van der Waals surface area contributed by atoms with Crippen LogP contribution in [0.2, 0.25) is 0 Å². The predicted octanol–water partition coefficient (Wildman–Crippen LogP) is 6.21. The van der Waals surface area contributed by atoms with Crippen molar-refractivity contribution in [2.24, 2.45) is 0 Å². The van der Waals surface area contributed by atoms with E-state index in [1.54, 1.807) is 28.2 Å². The van der Waals surface area contributed by atoms with Crippen molar-refractivity contribution in [2.45, 2.75) is 25.8 Å². The number of furan rings is 1. The average Bonchev–Trinajstić information content (AvgIpc) is 3.58. The number of fused-ring (bicyclic) bond motifs is 3. The first-order valence-electron chi connectivity index (χ1n) is 11.8. The topological polar surface area (TPSA) is 58.7 Å². The first kappa shape index (κ1) is 23.2. The molecular weight excluding hydrogens is 506 g/mol. The van der Waals surface area contributed by atoms with Crippen LogP contribution in [0.4, 0.5) is 5.69 Å². The molecule has 1 unspecified atom stereocenters. The largest absolute Gasteiger partial charge is 0.467 e. The maximum Gasteiger partial charge on any atom is 0.254 e. The van der Waals surface area contributed by atoms with Gasteiger partial charge in [-0.1, -0.05) is 41.4 Å². The van der Waals surface area contributed by atoms with Crippen LogP contribution in [0.15, 0.2) is 94.1 Å². The molecular formula is C28H26BrN3O3. The maximum absolute atomic E-state index is 14.0. The van der Waals surface area contributed by atoms with E-state index in [1.807, 2.05) is 66.9 Å². The highest BCUT2D eigenvalue weighted by molar-refractivity contribution is 9.10. The van der Waals surface area contributed by atoms with Crippen LogP contribution in [0, 0.1) is 0 Å². The number of anilines is 1. The summed E-state index contributed by atoms with van der Waals surface area (Å²) in [6.45, 7) is 2.56. The highest BCUT2D eigenvalue weighted by atomic mass is 79.9. The molecule has 3 heterocycles. The molecule has 1 atom stereocenters. The number of aromatic nitrogens is 1. The van der Waals surface area contributed by atoms with Gasteiger partial charge < -0.3 is 13.9 Å². The van der Waals surface area contributed by atoms with Crippen LogP contribution in [0.1, 0.15) is 47.6 Å². The Morgan fingerprint density at radius 1 is 0.971 bits per heavy atom. The van der Waals surface area contributed by atoms with Gasteiger partial charge in [0.1, 0.15) is 18.3 Å². The molecule has 7 heteroatoms. The van der Waals surface area contributed by atoms with Crippen LogP contribution in [0.25, 0.3) is 5.69 Å². The Morgan fingerprint density at radius 3 is 2.46 bits per heavy atom. The third-order valence-electron chi connectivity index (χ3n) is 6.29. The fraction of sp³-hybridized carbons (Fsp3) is 0.214. The van der Waals surface area contributed by atoms with Gasteiger partial charge in [0, 0.05) is 22.8 Å². The molecule has 0 fully saturated rings. The van der Waals surface area contributed by atoms with E-state index < -0.39 is 6.04 Å². The summed E-state index contributed by atoms with van der Waals surface area (Å²) in [5.74, 6) is 0.363. The maximum atomic E-state index is 14.0. The summed E-state index contributed by atoms with van der Waals surface area (Å²) in [6, 6.07) is 22.3. The summed E-state index contributed by atoms with van der Waals surface area (Å²) < 4.78 is 8.79. The van der Waals surface area contributed by atoms with Gasteiger partial charge in [-0.05, 0) is 67.1 Å². The average molecular weight is 532 g/mol. The molecule has 4 aromatic rings. The van der Waals surface area contributed by atoms with E-state index in [1.165, 1.54) is 0 Å². The second-order valence-electron chi connectivity index (χ2n) is 8.56. The van der Waals surface area contributed by atoms with E-state index in [4.69, 9.17) is 4.42 Å². The van der Waals surface area contributed by atoms with E-state index in [2.05, 4.69) is 27.4 Å². The lowest BCUT2D eigenvalue weighted by molar-refractivity contribution is -0.119. The first-order valence-corrected chi connectivity index (χ1v) is 12.5. The number of benzene rings is 2. The molecule has 178 valence electrons. The van der Waals surface area contributed by atoms with Crippen molar-refractivity contribution in [3.05, 3.63) is 107 Å². The van der Waals surface area contributed by atoms with Gasteiger partial charge in [0.2, 0.25) is 5.91 Å². The standard InChI is InChI=1S/C28H26BrN3O3/c1-2-3-16-30(28(34)20-12-14-21(29)15-13-20)19-26(33)32-23-9-5-4-8-22(23)31-17-6-10-24(31)27(32)25-11-7-18-35-25/h4-15,17-18,27H,2-3,16,19H2,1H3. The third-order valence-corrected chi connectivity index (χ3v) is 6.82. The summed E-state index contributed by atoms with van der Waals surface area (Å²) in [5.41, 5.74) is 3.20. The Balaban J connectivity index is 1.52. The quantitative estimate of drug-likeness (QED) is 0.284. The van der Waals surface area contributed by atoms with E-state index in [9.17, 15) is 9.59 Å². The van der Waals surface area contributed by atoms with Crippen molar-refractivity contribution in [2.75, 3.05) is 18.0 Å². The number of rotatable bonds is 7. The van der Waals surface area contributed by atoms with Gasteiger partial charge in [-0.25, -0.2) is 0 Å². The van der Waals surface area contributed by atoms with Crippen LogP contribution in [-0.2, 0) is 4.79 Å². The molecule has 6 nitrogen and oxygen atoms in total. The fourth-order valence-electron chi connectivity index (χ4n) is 4.59. The number of nitrogens with zero attached hydrogens (tertiary/aromatic N) is 3. The van der Waals surface area contributed by atoms with Gasteiger partial charge in [0.15, 0.2) is 0 Å². The summed E-state index contributed by atoms with van der Waals surface area (Å²) in [4.78, 5) is 30.9. The Morgan fingerprint density at radius 2 is 1.74 bits per heavy atom. The summed E-state index contributed by atoms with van der Waals surface area (Å²) in [6.07, 6.45) is 5.36. The molecule has 0 N–H and O–H groups in total. The molecule has 1 aliphatic heterocycles. The van der Waals surface area contributed by atoms with Crippen LogP contribution in [0.3, 0.4) is 0 Å². The molecule has 2 aromatic heterocycles. The summed E-state index contributed by atoms with van der Waals surface area (Å²) >= 11 is 3.42. The molecule has 0 saturated carbocycles. The van der Waals surface area contributed by atoms with Crippen molar-refractivity contribution < 1.29 is 14.0 Å². The van der Waals surface area contributed by atoms with Crippen molar-refractivity contribution in [3.63, 3.8) is 0 Å². The van der Waals surface area contributed by atoms with E-state index in [0.717, 1.165) is 34.4 Å². The van der Waals surface area contributed by atoms with Crippen LogP contribution in [-0.4, -0.2) is 34.4 Å². The first-order chi connectivity index (χ1) is 17.1. The molecule has 1 aliphatic rings. The minimum absolute atomic E-state index is 0.0266. The molecule has 5 rings (SSSR count). The zero-order valence-corrected chi connectivity index (χ0v) is 21.0. The molecule has 2 aromatic carbocycles. The minimum Gasteiger partial charge on any atom is -0.467 e. The lowest BCUT2D eigenvalue weighted by Gasteiger charge is -2.38. The Labute approximate surface area is 212 Å². The van der Waals surface area contributed by atoms with E-state index in [-0.39, 0.29) is 18.4 Å². The normalized spacial score (nSPS) is 14.3. The van der Waals surface area contributed by atoms with E-state index in [0.29, 0.717) is 17.9 Å². The number of para-hydroxylation sites is 2. The summed E-state index contributed by atoms with van der Waals surface area (Å²) in [5, 5.41) is 0. The van der Waals surface area contributed by atoms with Gasteiger partial charge in [0.25, 0.3) is 5.91 Å². The number of amides is 2. The number of carbonyl (C=O) groups is 2. The number of unbranched alkanes of at least 4 members (excludes halogenated alkanes) is 1. The van der Waals surface area contributed by atoms with Crippen molar-refractivity contribution in [1.29, 1.82) is 0 Å². The molecule has 0 spiro atoms. The SMILES string of the molecule is CCCCN(CC(=O)N1c2ccccc2-n2cccc2C1c1ccco1)C(=O)c1ccc(Br)cc1. The lowest BCUT2D eigenvalue weighted by atomic mass is 10.0. The molecule has 0 bridgehead atoms. The minimum atomic E-state index is -0.432. The van der Waals surface area contributed by atoms with Gasteiger partial charge in [-0.2, -0.15) is 0 Å². The Hall–Kier alpha value is -3.58. The highest BCUT2D eigenvalue weighted by Crippen LogP contribution is 2.42. The van der Waals surface area contributed by atoms with Crippen LogP contribution >= 0.6 is 15.9 Å². The molecule has 2 amide bonds. The monoisotopic (exact) mass is 531 g/mol. The molecule has 35 heavy (non-hydrogen) atoms. The second kappa shape index (κ2) is 9.96. The smallest absolute Gasteiger partial charge is 0.254 e. The number of carbonyl (C=O) groups excluding carboxylic acids is 2. The van der Waals surface area contributed by atoms with Crippen LogP contribution < -0.4 is 4.90 Å². The number of hydrogen-bond acceptors (Lipinski definition) is 3.